The highest BCUT2D eigenvalue weighted by atomic mass is 16.5. The van der Waals surface area contributed by atoms with Crippen LogP contribution in [0.5, 0.6) is 0 Å². The Hall–Kier alpha value is -0.120. The van der Waals surface area contributed by atoms with E-state index in [1.807, 2.05) is 7.11 Å². The molecule has 0 saturated heterocycles. The summed E-state index contributed by atoms with van der Waals surface area (Å²) in [5, 5.41) is 0. The van der Waals surface area contributed by atoms with Crippen LogP contribution in [-0.2, 0) is 4.74 Å². The summed E-state index contributed by atoms with van der Waals surface area (Å²) in [5.41, 5.74) is 6.93. The molecule has 3 atom stereocenters. The second-order valence-corrected chi connectivity index (χ2v) is 8.55. The molecule has 3 nitrogen and oxygen atoms in total. The zero-order valence-electron chi connectivity index (χ0n) is 14.8. The average molecular weight is 296 g/mol. The van der Waals surface area contributed by atoms with E-state index in [4.69, 9.17) is 10.5 Å². The molecule has 0 aliphatic heterocycles. The summed E-state index contributed by atoms with van der Waals surface area (Å²) in [5.74, 6) is 1.64. The molecule has 0 aromatic rings. The van der Waals surface area contributed by atoms with Gasteiger partial charge in [0.2, 0.25) is 0 Å². The highest BCUT2D eigenvalue weighted by Gasteiger charge is 2.48. The smallest absolute Gasteiger partial charge is 0.0590 e. The normalized spacial score (nSPS) is 34.1. The van der Waals surface area contributed by atoms with Crippen molar-refractivity contribution in [3.8, 4) is 0 Å². The number of rotatable bonds is 7. The lowest BCUT2D eigenvalue weighted by molar-refractivity contribution is -0.0471. The molecule has 0 bridgehead atoms. The Labute approximate surface area is 131 Å². The molecule has 0 spiro atoms. The quantitative estimate of drug-likeness (QED) is 0.783. The van der Waals surface area contributed by atoms with Crippen molar-refractivity contribution in [1.29, 1.82) is 0 Å². The van der Waals surface area contributed by atoms with Crippen LogP contribution in [0.25, 0.3) is 0 Å². The highest BCUT2D eigenvalue weighted by molar-refractivity contribution is 5.04. The van der Waals surface area contributed by atoms with E-state index < -0.39 is 0 Å². The van der Waals surface area contributed by atoms with Gasteiger partial charge >= 0.3 is 0 Å². The molecule has 2 aliphatic rings. The van der Waals surface area contributed by atoms with Crippen molar-refractivity contribution in [2.24, 2.45) is 23.0 Å². The molecule has 21 heavy (non-hydrogen) atoms. The third-order valence-corrected chi connectivity index (χ3v) is 5.76. The van der Waals surface area contributed by atoms with Crippen LogP contribution in [0.3, 0.4) is 0 Å². The lowest BCUT2D eigenvalue weighted by atomic mass is 9.63. The second kappa shape index (κ2) is 6.55. The van der Waals surface area contributed by atoms with Crippen molar-refractivity contribution < 1.29 is 4.74 Å². The average Bonchev–Trinajstić information content (AvgIpc) is 3.20. The number of nitrogens with two attached hydrogens (primary N) is 1. The summed E-state index contributed by atoms with van der Waals surface area (Å²) in [6.45, 7) is 12.3. The van der Waals surface area contributed by atoms with E-state index >= 15 is 0 Å². The maximum atomic E-state index is 6.37. The lowest BCUT2D eigenvalue weighted by Crippen LogP contribution is -2.62. The van der Waals surface area contributed by atoms with E-state index in [-0.39, 0.29) is 5.54 Å². The number of hydrogen-bond acceptors (Lipinski definition) is 3. The van der Waals surface area contributed by atoms with Gasteiger partial charge in [0.1, 0.15) is 0 Å². The first-order valence-electron chi connectivity index (χ1n) is 8.79. The maximum absolute atomic E-state index is 6.37. The van der Waals surface area contributed by atoms with Gasteiger partial charge in [-0.15, -0.1) is 0 Å². The topological polar surface area (TPSA) is 38.5 Å². The van der Waals surface area contributed by atoms with E-state index in [9.17, 15) is 0 Å². The molecular formula is C18H36N2O. The SMILES string of the molecule is COCCN(C(C)C1CC1)C1(CN)CC(C)CC(C)(C)C1. The van der Waals surface area contributed by atoms with Gasteiger partial charge in [-0.25, -0.2) is 0 Å². The van der Waals surface area contributed by atoms with Crippen LogP contribution < -0.4 is 5.73 Å². The fourth-order valence-corrected chi connectivity index (χ4v) is 5.09. The van der Waals surface area contributed by atoms with Crippen LogP contribution in [-0.4, -0.2) is 43.3 Å². The van der Waals surface area contributed by atoms with Crippen LogP contribution >= 0.6 is 0 Å². The molecule has 0 aromatic heterocycles. The van der Waals surface area contributed by atoms with Crippen molar-refractivity contribution in [1.82, 2.24) is 4.90 Å². The molecule has 2 rings (SSSR count). The number of methoxy groups -OCH3 is 1. The molecule has 3 unspecified atom stereocenters. The molecule has 2 N–H and O–H groups in total. The van der Waals surface area contributed by atoms with Gasteiger partial charge in [0.25, 0.3) is 0 Å². The van der Waals surface area contributed by atoms with Crippen LogP contribution in [0.2, 0.25) is 0 Å². The highest BCUT2D eigenvalue weighted by Crippen LogP contribution is 2.48. The first-order valence-corrected chi connectivity index (χ1v) is 8.79. The molecule has 0 amide bonds. The second-order valence-electron chi connectivity index (χ2n) is 8.55. The van der Waals surface area contributed by atoms with Gasteiger partial charge in [-0.2, -0.15) is 0 Å². The van der Waals surface area contributed by atoms with Gasteiger partial charge in [-0.3, -0.25) is 4.90 Å². The van der Waals surface area contributed by atoms with Crippen molar-refractivity contribution >= 4 is 0 Å². The first kappa shape index (κ1) is 17.2. The zero-order chi connectivity index (χ0) is 15.7. The summed E-state index contributed by atoms with van der Waals surface area (Å²) >= 11 is 0. The molecule has 3 heteroatoms. The summed E-state index contributed by atoms with van der Waals surface area (Å²) in [6, 6.07) is 0.643. The Morgan fingerprint density at radius 3 is 2.43 bits per heavy atom. The monoisotopic (exact) mass is 296 g/mol. The van der Waals surface area contributed by atoms with E-state index in [0.717, 1.165) is 31.5 Å². The predicted molar refractivity (Wildman–Crippen MR) is 89.3 cm³/mol. The van der Waals surface area contributed by atoms with Gasteiger partial charge in [0.15, 0.2) is 0 Å². The third kappa shape index (κ3) is 4.00. The van der Waals surface area contributed by atoms with Crippen LogP contribution in [0.4, 0.5) is 0 Å². The largest absolute Gasteiger partial charge is 0.383 e. The Kier molecular flexibility index (Phi) is 5.38. The summed E-state index contributed by atoms with van der Waals surface area (Å²) < 4.78 is 5.40. The Morgan fingerprint density at radius 1 is 1.29 bits per heavy atom. The Bertz CT molecular complexity index is 340. The first-order chi connectivity index (χ1) is 9.83. The standard InChI is InChI=1S/C18H36N2O/c1-14-10-17(3,4)12-18(11-14,13-19)20(8-9-21-5)15(2)16-6-7-16/h14-16H,6-13,19H2,1-5H3. The number of nitrogens with zero attached hydrogens (tertiary/aromatic N) is 1. The number of hydrogen-bond donors (Lipinski definition) is 1. The molecule has 0 aromatic carbocycles. The molecule has 0 heterocycles. The van der Waals surface area contributed by atoms with Crippen LogP contribution in [0.15, 0.2) is 0 Å². The van der Waals surface area contributed by atoms with Crippen LogP contribution in [0, 0.1) is 17.3 Å². The zero-order valence-corrected chi connectivity index (χ0v) is 14.8. The van der Waals surface area contributed by atoms with Crippen molar-refractivity contribution in [3.63, 3.8) is 0 Å². The van der Waals surface area contributed by atoms with Gasteiger partial charge in [-0.1, -0.05) is 20.8 Å². The summed E-state index contributed by atoms with van der Waals surface area (Å²) in [4.78, 5) is 2.73. The molecule has 0 radical (unpaired) electrons. The molecule has 2 aliphatic carbocycles. The van der Waals surface area contributed by atoms with Gasteiger partial charge in [0, 0.05) is 31.8 Å². The summed E-state index contributed by atoms with van der Waals surface area (Å²) in [7, 11) is 1.81. The number of ether oxygens (including phenoxy) is 1. The van der Waals surface area contributed by atoms with Gasteiger partial charge < -0.3 is 10.5 Å². The van der Waals surface area contributed by atoms with E-state index in [2.05, 4.69) is 32.6 Å². The van der Waals surface area contributed by atoms with E-state index in [1.165, 1.54) is 32.1 Å². The fourth-order valence-electron chi connectivity index (χ4n) is 5.09. The minimum Gasteiger partial charge on any atom is -0.383 e. The summed E-state index contributed by atoms with van der Waals surface area (Å²) in [6.07, 6.45) is 6.58. The predicted octanol–water partition coefficient (Wildman–Crippen LogP) is 3.28. The maximum Gasteiger partial charge on any atom is 0.0590 e. The van der Waals surface area contributed by atoms with Gasteiger partial charge in [-0.05, 0) is 56.3 Å². The molecule has 2 fully saturated rings. The molecule has 124 valence electrons. The molecular weight excluding hydrogens is 260 g/mol. The van der Waals surface area contributed by atoms with E-state index in [0.29, 0.717) is 11.5 Å². The molecule has 2 saturated carbocycles. The Morgan fingerprint density at radius 2 is 1.95 bits per heavy atom. The van der Waals surface area contributed by atoms with E-state index in [1.54, 1.807) is 0 Å². The van der Waals surface area contributed by atoms with Gasteiger partial charge in [0.05, 0.1) is 6.61 Å². The van der Waals surface area contributed by atoms with Crippen molar-refractivity contribution in [2.75, 3.05) is 26.8 Å². The minimum atomic E-state index is 0.168. The lowest BCUT2D eigenvalue weighted by Gasteiger charge is -2.55. The van der Waals surface area contributed by atoms with Crippen molar-refractivity contribution in [3.05, 3.63) is 0 Å². The Balaban J connectivity index is 2.23. The fraction of sp³-hybridized carbons (Fsp3) is 1.00. The van der Waals surface area contributed by atoms with Crippen molar-refractivity contribution in [2.45, 2.75) is 71.4 Å². The third-order valence-electron chi connectivity index (χ3n) is 5.76. The minimum absolute atomic E-state index is 0.168. The van der Waals surface area contributed by atoms with Crippen LogP contribution in [0.1, 0.15) is 59.8 Å².